The smallest absolute Gasteiger partial charge is 0.302 e. The first-order valence-corrected chi connectivity index (χ1v) is 6.39. The summed E-state index contributed by atoms with van der Waals surface area (Å²) in [6.45, 7) is 1.46. The second kappa shape index (κ2) is 6.23. The zero-order chi connectivity index (χ0) is 12.1. The van der Waals surface area contributed by atoms with E-state index in [0.29, 0.717) is 21.2 Å². The van der Waals surface area contributed by atoms with E-state index >= 15 is 0 Å². The maximum Gasteiger partial charge on any atom is 0.302 e. The maximum atomic E-state index is 10.7. The van der Waals surface area contributed by atoms with Crippen molar-refractivity contribution in [2.75, 3.05) is 7.11 Å². The van der Waals surface area contributed by atoms with E-state index in [2.05, 4.69) is 0 Å². The zero-order valence-electron chi connectivity index (χ0n) is 8.75. The second-order valence-corrected chi connectivity index (χ2v) is 4.45. The first kappa shape index (κ1) is 13.5. The highest BCUT2D eigenvalue weighted by Gasteiger charge is 2.12. The molecule has 0 saturated carbocycles. The monoisotopic (exact) mass is 280 g/mol. The Morgan fingerprint density at radius 3 is 2.69 bits per heavy atom. The van der Waals surface area contributed by atoms with E-state index in [1.54, 1.807) is 12.1 Å². The number of rotatable bonds is 4. The molecule has 0 radical (unpaired) electrons. The average molecular weight is 281 g/mol. The summed E-state index contributed by atoms with van der Waals surface area (Å²) < 4.78 is 10.1. The van der Waals surface area contributed by atoms with E-state index in [4.69, 9.17) is 31.8 Å². The van der Waals surface area contributed by atoms with Crippen molar-refractivity contribution in [2.45, 2.75) is 18.4 Å². The molecule has 1 aromatic carbocycles. The Labute approximate surface area is 108 Å². The number of hydrogen-bond acceptors (Lipinski definition) is 4. The average Bonchev–Trinajstić information content (AvgIpc) is 2.25. The molecule has 3 nitrogen and oxygen atoms in total. The summed E-state index contributed by atoms with van der Waals surface area (Å²) >= 11 is 5.91. The van der Waals surface area contributed by atoms with Crippen LogP contribution in [-0.2, 0) is 16.1 Å². The van der Waals surface area contributed by atoms with Gasteiger partial charge in [0.05, 0.1) is 12.0 Å². The molecule has 0 fully saturated rings. The molecular formula is C10H10Cl2O3S. The molecule has 0 N–H and O–H groups in total. The van der Waals surface area contributed by atoms with Crippen LogP contribution in [-0.4, -0.2) is 13.1 Å². The van der Waals surface area contributed by atoms with Gasteiger partial charge in [-0.3, -0.25) is 4.79 Å². The van der Waals surface area contributed by atoms with E-state index in [1.807, 2.05) is 0 Å². The molecule has 1 rings (SSSR count). The van der Waals surface area contributed by atoms with E-state index in [1.165, 1.54) is 14.0 Å². The molecule has 6 heteroatoms. The zero-order valence-corrected chi connectivity index (χ0v) is 11.1. The summed E-state index contributed by atoms with van der Waals surface area (Å²) in [6, 6.07) is 3.37. The van der Waals surface area contributed by atoms with Crippen LogP contribution in [0.3, 0.4) is 0 Å². The Hall–Kier alpha value is -0.580. The second-order valence-electron chi connectivity index (χ2n) is 2.95. The van der Waals surface area contributed by atoms with E-state index in [0.717, 1.165) is 11.0 Å². The number of ether oxygens (including phenoxy) is 2. The fourth-order valence-electron chi connectivity index (χ4n) is 1.20. The lowest BCUT2D eigenvalue weighted by Crippen LogP contribution is -2.01. The van der Waals surface area contributed by atoms with Gasteiger partial charge in [0, 0.05) is 17.5 Å². The number of hydrogen-bond donors (Lipinski definition) is 0. The van der Waals surface area contributed by atoms with Gasteiger partial charge in [-0.1, -0.05) is 11.6 Å². The van der Waals surface area contributed by atoms with Gasteiger partial charge in [-0.05, 0) is 33.8 Å². The Morgan fingerprint density at radius 1 is 1.50 bits per heavy atom. The largest absolute Gasteiger partial charge is 0.495 e. The Bertz CT molecular complexity index is 396. The van der Waals surface area contributed by atoms with Crippen molar-refractivity contribution in [3.05, 3.63) is 22.7 Å². The van der Waals surface area contributed by atoms with Crippen molar-refractivity contribution < 1.29 is 14.3 Å². The van der Waals surface area contributed by atoms with Gasteiger partial charge in [-0.2, -0.15) is 0 Å². The van der Waals surface area contributed by atoms with Crippen LogP contribution in [0.1, 0.15) is 12.5 Å². The number of methoxy groups -OCH3 is 1. The van der Waals surface area contributed by atoms with Gasteiger partial charge in [0.15, 0.2) is 0 Å². The first-order valence-electron chi connectivity index (χ1n) is 4.36. The minimum Gasteiger partial charge on any atom is -0.495 e. The van der Waals surface area contributed by atoms with Crippen LogP contribution in [0.15, 0.2) is 17.0 Å². The highest BCUT2D eigenvalue weighted by Crippen LogP contribution is 2.37. The molecule has 0 bridgehead atoms. The quantitative estimate of drug-likeness (QED) is 0.789. The van der Waals surface area contributed by atoms with Crippen molar-refractivity contribution in [3.8, 4) is 5.75 Å². The van der Waals surface area contributed by atoms with Gasteiger partial charge in [0.1, 0.15) is 12.4 Å². The van der Waals surface area contributed by atoms with Crippen molar-refractivity contribution in [2.24, 2.45) is 0 Å². The van der Waals surface area contributed by atoms with Crippen LogP contribution >= 0.6 is 33.3 Å². The van der Waals surface area contributed by atoms with Crippen LogP contribution in [0.2, 0.25) is 5.02 Å². The fraction of sp³-hybridized carbons (Fsp3) is 0.300. The molecule has 0 unspecified atom stereocenters. The summed E-state index contributed by atoms with van der Waals surface area (Å²) in [5.41, 5.74) is 0.688. The molecule has 0 atom stereocenters. The minimum absolute atomic E-state index is 0.115. The molecular weight excluding hydrogens is 271 g/mol. The minimum atomic E-state index is -0.359. The van der Waals surface area contributed by atoms with Crippen LogP contribution in [0.4, 0.5) is 0 Å². The molecule has 1 aromatic rings. The predicted octanol–water partition coefficient (Wildman–Crippen LogP) is 3.66. The normalized spacial score (nSPS) is 10.0. The Morgan fingerprint density at radius 2 is 2.19 bits per heavy atom. The van der Waals surface area contributed by atoms with Crippen LogP contribution < -0.4 is 4.74 Å². The van der Waals surface area contributed by atoms with Gasteiger partial charge in [0.25, 0.3) is 0 Å². The van der Waals surface area contributed by atoms with E-state index < -0.39 is 0 Å². The molecule has 0 spiro atoms. The molecule has 0 heterocycles. The van der Waals surface area contributed by atoms with E-state index in [-0.39, 0.29) is 12.6 Å². The van der Waals surface area contributed by atoms with Gasteiger partial charge < -0.3 is 9.47 Å². The van der Waals surface area contributed by atoms with Crippen LogP contribution in [0.5, 0.6) is 5.75 Å². The standard InChI is InChI=1S/C10H10Cl2O3S/c1-6(13)15-5-7-3-8(11)4-9(16-12)10(7)14-2/h3-4H,5H2,1-2H3. The van der Waals surface area contributed by atoms with E-state index in [9.17, 15) is 4.79 Å². The Balaban J connectivity index is 3.04. The molecule has 0 amide bonds. The maximum absolute atomic E-state index is 10.7. The highest BCUT2D eigenvalue weighted by atomic mass is 35.7. The van der Waals surface area contributed by atoms with Crippen molar-refractivity contribution >= 4 is 39.2 Å². The summed E-state index contributed by atoms with van der Waals surface area (Å²) in [5, 5.41) is 0.520. The molecule has 0 aromatic heterocycles. The molecule has 16 heavy (non-hydrogen) atoms. The molecule has 0 aliphatic rings. The van der Waals surface area contributed by atoms with Crippen molar-refractivity contribution in [1.82, 2.24) is 0 Å². The molecule has 0 aliphatic carbocycles. The number of benzene rings is 1. The number of esters is 1. The number of halogens is 2. The lowest BCUT2D eigenvalue weighted by Gasteiger charge is -2.12. The third kappa shape index (κ3) is 3.47. The van der Waals surface area contributed by atoms with Gasteiger partial charge in [-0.15, -0.1) is 0 Å². The fourth-order valence-corrected chi connectivity index (χ4v) is 2.30. The SMILES string of the molecule is COc1c(COC(C)=O)cc(Cl)cc1SCl. The lowest BCUT2D eigenvalue weighted by atomic mass is 10.2. The van der Waals surface area contributed by atoms with Crippen LogP contribution in [0, 0.1) is 0 Å². The molecule has 0 aliphatic heterocycles. The molecule has 88 valence electrons. The summed E-state index contributed by atoms with van der Waals surface area (Å²) in [6.07, 6.45) is 0. The highest BCUT2D eigenvalue weighted by molar-refractivity contribution is 8.21. The van der Waals surface area contributed by atoms with Gasteiger partial charge >= 0.3 is 5.97 Å². The topological polar surface area (TPSA) is 35.5 Å². The number of carbonyl (C=O) groups is 1. The molecule has 0 saturated heterocycles. The van der Waals surface area contributed by atoms with Gasteiger partial charge in [-0.25, -0.2) is 0 Å². The Kier molecular flexibility index (Phi) is 5.25. The third-order valence-electron chi connectivity index (χ3n) is 1.81. The predicted molar refractivity (Wildman–Crippen MR) is 65.2 cm³/mol. The summed E-state index contributed by atoms with van der Waals surface area (Å²) in [5.74, 6) is 0.216. The van der Waals surface area contributed by atoms with Crippen LogP contribution in [0.25, 0.3) is 0 Å². The number of carbonyl (C=O) groups excluding carboxylic acids is 1. The summed E-state index contributed by atoms with van der Waals surface area (Å²) in [7, 11) is 8.22. The third-order valence-corrected chi connectivity index (χ3v) is 3.00. The lowest BCUT2D eigenvalue weighted by molar-refractivity contribution is -0.142. The van der Waals surface area contributed by atoms with Gasteiger partial charge in [0.2, 0.25) is 0 Å². The summed E-state index contributed by atoms with van der Waals surface area (Å²) in [4.78, 5) is 11.4. The van der Waals surface area contributed by atoms with Crippen molar-refractivity contribution in [1.29, 1.82) is 0 Å². The van der Waals surface area contributed by atoms with Crippen molar-refractivity contribution in [3.63, 3.8) is 0 Å². The first-order chi connectivity index (χ1) is 7.58.